The lowest BCUT2D eigenvalue weighted by molar-refractivity contribution is -0.137. The SMILES string of the molecule is CCc1c(N2CCN(C(=O)c3ncnc(C)c3O)CC2)c(=O)c2nc(C3=CCOCC3)cnc2n1CC(=O)Nc1ccc(C(F)(F)F)cc1Cl. The Morgan fingerprint density at radius 2 is 1.88 bits per heavy atom. The molecule has 1 aromatic carbocycles. The van der Waals surface area contributed by atoms with Gasteiger partial charge in [0.1, 0.15) is 18.6 Å². The van der Waals surface area contributed by atoms with Crippen LogP contribution in [0.15, 0.2) is 41.6 Å². The number of hydrogen-bond acceptors (Lipinski definition) is 10. The Morgan fingerprint density at radius 3 is 2.54 bits per heavy atom. The maximum Gasteiger partial charge on any atom is 0.416 e. The molecule has 6 rings (SSSR count). The summed E-state index contributed by atoms with van der Waals surface area (Å²) in [6, 6.07) is 2.63. The molecule has 2 aliphatic rings. The number of piperazine rings is 1. The maximum atomic E-state index is 14.3. The van der Waals surface area contributed by atoms with Crippen molar-refractivity contribution < 1.29 is 32.6 Å². The molecule has 0 aliphatic carbocycles. The van der Waals surface area contributed by atoms with E-state index in [4.69, 9.17) is 21.3 Å². The topological polar surface area (TPSA) is 156 Å². The molecule has 5 heterocycles. The molecule has 0 spiro atoms. The van der Waals surface area contributed by atoms with E-state index >= 15 is 0 Å². The second-order valence-electron chi connectivity index (χ2n) is 11.7. The predicted molar refractivity (Wildman–Crippen MR) is 178 cm³/mol. The number of carbonyl (C=O) groups excluding carboxylic acids is 2. The first-order valence-corrected chi connectivity index (χ1v) is 16.2. The molecule has 2 amide bonds. The van der Waals surface area contributed by atoms with Crippen LogP contribution in [0.4, 0.5) is 24.5 Å². The molecule has 2 aliphatic heterocycles. The summed E-state index contributed by atoms with van der Waals surface area (Å²) in [7, 11) is 0. The molecular weight excluding hydrogens is 681 g/mol. The third kappa shape index (κ3) is 6.85. The van der Waals surface area contributed by atoms with E-state index in [0.29, 0.717) is 43.1 Å². The summed E-state index contributed by atoms with van der Waals surface area (Å²) in [6.07, 6.45) is 0.871. The Hall–Kier alpha value is -5.09. The molecule has 262 valence electrons. The zero-order chi connectivity index (χ0) is 35.7. The van der Waals surface area contributed by atoms with Gasteiger partial charge in [0.15, 0.2) is 22.6 Å². The van der Waals surface area contributed by atoms with Crippen molar-refractivity contribution in [3.63, 3.8) is 0 Å². The number of halogens is 4. The number of alkyl halides is 3. The minimum atomic E-state index is -4.61. The molecule has 17 heteroatoms. The molecule has 0 unspecified atom stereocenters. The van der Waals surface area contributed by atoms with Gasteiger partial charge < -0.3 is 29.5 Å². The van der Waals surface area contributed by atoms with Crippen molar-refractivity contribution >= 4 is 51.5 Å². The first-order valence-electron chi connectivity index (χ1n) is 15.8. The van der Waals surface area contributed by atoms with E-state index in [-0.39, 0.29) is 71.7 Å². The Bertz CT molecular complexity index is 2080. The number of rotatable bonds is 7. The average molecular weight is 713 g/mol. The van der Waals surface area contributed by atoms with Crippen LogP contribution in [-0.4, -0.2) is 85.7 Å². The van der Waals surface area contributed by atoms with E-state index < -0.39 is 29.0 Å². The fourth-order valence-electron chi connectivity index (χ4n) is 6.03. The van der Waals surface area contributed by atoms with Crippen LogP contribution in [0.25, 0.3) is 16.7 Å². The van der Waals surface area contributed by atoms with E-state index in [1.807, 2.05) is 17.9 Å². The number of pyridine rings is 1. The maximum absolute atomic E-state index is 14.3. The fraction of sp³-hybridized carbons (Fsp3) is 0.364. The monoisotopic (exact) mass is 712 g/mol. The van der Waals surface area contributed by atoms with Crippen molar-refractivity contribution in [3.8, 4) is 5.75 Å². The van der Waals surface area contributed by atoms with Gasteiger partial charge in [0.2, 0.25) is 11.3 Å². The van der Waals surface area contributed by atoms with E-state index in [9.17, 15) is 32.7 Å². The van der Waals surface area contributed by atoms with Crippen molar-refractivity contribution in [1.29, 1.82) is 0 Å². The van der Waals surface area contributed by atoms with Crippen LogP contribution in [0.5, 0.6) is 5.75 Å². The third-order valence-electron chi connectivity index (χ3n) is 8.63. The molecule has 50 heavy (non-hydrogen) atoms. The number of anilines is 2. The zero-order valence-corrected chi connectivity index (χ0v) is 27.8. The van der Waals surface area contributed by atoms with Gasteiger partial charge in [-0.2, -0.15) is 13.2 Å². The van der Waals surface area contributed by atoms with E-state index in [0.717, 1.165) is 23.8 Å². The Kier molecular flexibility index (Phi) is 9.75. The standard InChI is InChI=1S/C33H32ClF3N8O5/c1-3-24-28(43-8-10-44(11-9-43)32(49)27-29(47)18(2)39-17-40-27)30(48)26-31(38-15-23(42-26)19-6-12-50-13-7-19)45(24)16-25(46)41-22-5-4-20(14-21(22)34)33(35,36)37/h4-6,14-15,17,47H,3,7-13,16H2,1-2H3,(H,41,46). The largest absolute Gasteiger partial charge is 0.504 e. The van der Waals surface area contributed by atoms with Crippen molar-refractivity contribution in [2.75, 3.05) is 49.6 Å². The number of amides is 2. The summed E-state index contributed by atoms with van der Waals surface area (Å²) in [5.74, 6) is -1.39. The molecule has 0 saturated carbocycles. The van der Waals surface area contributed by atoms with Gasteiger partial charge in [0.25, 0.3) is 5.91 Å². The number of aromatic nitrogens is 5. The number of nitrogens with one attached hydrogen (secondary N) is 1. The normalized spacial score (nSPS) is 15.3. The first kappa shape index (κ1) is 34.8. The average Bonchev–Trinajstić information content (AvgIpc) is 3.11. The van der Waals surface area contributed by atoms with Crippen molar-refractivity contribution in [1.82, 2.24) is 29.4 Å². The molecule has 2 N–H and O–H groups in total. The quantitative estimate of drug-likeness (QED) is 0.284. The molecular formula is C33H32ClF3N8O5. The zero-order valence-electron chi connectivity index (χ0n) is 27.1. The van der Waals surface area contributed by atoms with Crippen molar-refractivity contribution in [3.05, 3.63) is 80.4 Å². The van der Waals surface area contributed by atoms with Crippen molar-refractivity contribution in [2.45, 2.75) is 39.4 Å². The summed E-state index contributed by atoms with van der Waals surface area (Å²) in [5, 5.41) is 12.7. The Labute approximate surface area is 288 Å². The molecule has 4 aromatic rings. The molecule has 1 fully saturated rings. The van der Waals surface area contributed by atoms with Gasteiger partial charge in [-0.05, 0) is 43.5 Å². The summed E-state index contributed by atoms with van der Waals surface area (Å²) in [4.78, 5) is 61.5. The van der Waals surface area contributed by atoms with Crippen LogP contribution in [0.2, 0.25) is 5.02 Å². The number of nitrogens with zero attached hydrogens (tertiary/aromatic N) is 7. The van der Waals surface area contributed by atoms with Crippen LogP contribution >= 0.6 is 11.6 Å². The van der Waals surface area contributed by atoms with Gasteiger partial charge >= 0.3 is 6.18 Å². The Morgan fingerprint density at radius 1 is 1.12 bits per heavy atom. The van der Waals surface area contributed by atoms with Crippen LogP contribution < -0.4 is 15.6 Å². The number of hydrogen-bond donors (Lipinski definition) is 2. The predicted octanol–water partition coefficient (Wildman–Crippen LogP) is 4.23. The highest BCUT2D eigenvalue weighted by Crippen LogP contribution is 2.34. The molecule has 1 saturated heterocycles. The molecule has 0 radical (unpaired) electrons. The van der Waals surface area contributed by atoms with E-state index in [1.165, 1.54) is 17.4 Å². The second-order valence-corrected chi connectivity index (χ2v) is 12.1. The third-order valence-corrected chi connectivity index (χ3v) is 8.94. The summed E-state index contributed by atoms with van der Waals surface area (Å²) in [5.41, 5.74) is 1.11. The lowest BCUT2D eigenvalue weighted by Gasteiger charge is -2.37. The second kappa shape index (κ2) is 14.0. The highest BCUT2D eigenvalue weighted by molar-refractivity contribution is 6.33. The van der Waals surface area contributed by atoms with Crippen LogP contribution in [0.1, 0.15) is 46.5 Å². The number of aryl methyl sites for hydroxylation is 1. The lowest BCUT2D eigenvalue weighted by atomic mass is 10.1. The fourth-order valence-corrected chi connectivity index (χ4v) is 6.26. The van der Waals surface area contributed by atoms with Gasteiger partial charge in [-0.1, -0.05) is 24.6 Å². The molecule has 0 atom stereocenters. The molecule has 13 nitrogen and oxygen atoms in total. The number of benzene rings is 1. The van der Waals surface area contributed by atoms with E-state index in [2.05, 4.69) is 20.3 Å². The van der Waals surface area contributed by atoms with Gasteiger partial charge in [-0.3, -0.25) is 14.4 Å². The number of carbonyl (C=O) groups is 2. The molecule has 3 aromatic heterocycles. The van der Waals surface area contributed by atoms with Crippen LogP contribution in [0.3, 0.4) is 0 Å². The highest BCUT2D eigenvalue weighted by atomic mass is 35.5. The van der Waals surface area contributed by atoms with Gasteiger partial charge in [0.05, 0.1) is 47.1 Å². The minimum absolute atomic E-state index is 0.0150. The van der Waals surface area contributed by atoms with Gasteiger partial charge in [-0.15, -0.1) is 0 Å². The molecule has 0 bridgehead atoms. The highest BCUT2D eigenvalue weighted by Gasteiger charge is 2.32. The summed E-state index contributed by atoms with van der Waals surface area (Å²) >= 11 is 6.11. The Balaban J connectivity index is 1.36. The number of aromatic hydroxyl groups is 1. The van der Waals surface area contributed by atoms with Gasteiger partial charge in [-0.25, -0.2) is 19.9 Å². The van der Waals surface area contributed by atoms with Crippen LogP contribution in [0, 0.1) is 6.92 Å². The minimum Gasteiger partial charge on any atom is -0.504 e. The summed E-state index contributed by atoms with van der Waals surface area (Å²) in [6.45, 7) is 4.79. The number of fused-ring (bicyclic) bond motifs is 1. The van der Waals surface area contributed by atoms with Gasteiger partial charge in [0, 0.05) is 31.9 Å². The first-order chi connectivity index (χ1) is 23.9. The smallest absolute Gasteiger partial charge is 0.416 e. The van der Waals surface area contributed by atoms with Crippen LogP contribution in [-0.2, 0) is 28.7 Å². The number of ether oxygens (including phenoxy) is 1. The lowest BCUT2D eigenvalue weighted by Crippen LogP contribution is -2.50. The van der Waals surface area contributed by atoms with E-state index in [1.54, 1.807) is 11.5 Å². The van der Waals surface area contributed by atoms with Crippen molar-refractivity contribution in [2.24, 2.45) is 0 Å². The summed E-state index contributed by atoms with van der Waals surface area (Å²) < 4.78 is 46.5.